The van der Waals surface area contributed by atoms with Crippen LogP contribution in [0.3, 0.4) is 0 Å². The van der Waals surface area contributed by atoms with Crippen molar-refractivity contribution >= 4 is 29.5 Å². The first-order valence-corrected chi connectivity index (χ1v) is 8.97. The second-order valence-electron chi connectivity index (χ2n) is 6.61. The normalized spacial score (nSPS) is 20.1. The molecule has 1 heterocycles. The van der Waals surface area contributed by atoms with Gasteiger partial charge in [0.05, 0.1) is 11.5 Å². The molecule has 0 aromatic rings. The molecule has 0 spiro atoms. The number of amides is 3. The maximum Gasteiger partial charge on any atom is 0.230 e. The lowest BCUT2D eigenvalue weighted by Crippen LogP contribution is -2.38. The summed E-state index contributed by atoms with van der Waals surface area (Å²) >= 11 is 1.32. The predicted molar refractivity (Wildman–Crippen MR) is 86.5 cm³/mol. The van der Waals surface area contributed by atoms with Gasteiger partial charge < -0.3 is 15.5 Å². The van der Waals surface area contributed by atoms with E-state index in [9.17, 15) is 14.4 Å². The van der Waals surface area contributed by atoms with Crippen LogP contribution in [0.1, 0.15) is 33.1 Å². The van der Waals surface area contributed by atoms with Crippen LogP contribution in [0.25, 0.3) is 0 Å². The van der Waals surface area contributed by atoms with Crippen LogP contribution in [-0.2, 0) is 14.4 Å². The number of thioether (sulfide) groups is 1. The van der Waals surface area contributed by atoms with Gasteiger partial charge in [0, 0.05) is 31.1 Å². The summed E-state index contributed by atoms with van der Waals surface area (Å²) in [5.41, 5.74) is -0.269. The molecule has 0 radical (unpaired) electrons. The molecule has 2 fully saturated rings. The Hall–Kier alpha value is -1.24. The Morgan fingerprint density at radius 1 is 1.27 bits per heavy atom. The van der Waals surface area contributed by atoms with Crippen molar-refractivity contribution in [2.75, 3.05) is 31.1 Å². The van der Waals surface area contributed by atoms with Crippen molar-refractivity contribution < 1.29 is 14.4 Å². The highest BCUT2D eigenvalue weighted by Crippen LogP contribution is 2.29. The minimum Gasteiger partial charge on any atom is -0.354 e. The topological polar surface area (TPSA) is 78.5 Å². The van der Waals surface area contributed by atoms with Crippen LogP contribution in [0.5, 0.6) is 0 Å². The van der Waals surface area contributed by atoms with E-state index in [1.54, 1.807) is 4.90 Å². The zero-order chi connectivity index (χ0) is 16.2. The highest BCUT2D eigenvalue weighted by molar-refractivity contribution is 8.00. The van der Waals surface area contributed by atoms with E-state index in [1.807, 2.05) is 13.8 Å². The highest BCUT2D eigenvalue weighted by atomic mass is 32.2. The zero-order valence-corrected chi connectivity index (χ0v) is 14.1. The summed E-state index contributed by atoms with van der Waals surface area (Å²) in [5.74, 6) is 0.674. The number of likely N-dealkylation sites (tertiary alicyclic amines) is 1. The van der Waals surface area contributed by atoms with E-state index in [0.29, 0.717) is 24.9 Å². The number of hydrogen-bond acceptors (Lipinski definition) is 4. The summed E-state index contributed by atoms with van der Waals surface area (Å²) in [7, 11) is 0. The Morgan fingerprint density at radius 2 is 1.95 bits per heavy atom. The number of nitrogens with zero attached hydrogens (tertiary/aromatic N) is 1. The Morgan fingerprint density at radius 3 is 2.55 bits per heavy atom. The van der Waals surface area contributed by atoms with E-state index in [2.05, 4.69) is 10.6 Å². The van der Waals surface area contributed by atoms with E-state index < -0.39 is 0 Å². The number of nitrogens with one attached hydrogen (secondary N) is 2. The summed E-state index contributed by atoms with van der Waals surface area (Å²) in [5, 5.41) is 5.68. The average Bonchev–Trinajstić information content (AvgIpc) is 3.21. The van der Waals surface area contributed by atoms with Gasteiger partial charge in [0.2, 0.25) is 17.7 Å². The van der Waals surface area contributed by atoms with Gasteiger partial charge in [0.15, 0.2) is 0 Å². The summed E-state index contributed by atoms with van der Waals surface area (Å²) in [4.78, 5) is 36.9. The highest BCUT2D eigenvalue weighted by Gasteiger charge is 2.38. The predicted octanol–water partition coefficient (Wildman–Crippen LogP) is 0.373. The number of rotatable bonds is 8. The summed E-state index contributed by atoms with van der Waals surface area (Å²) in [6.07, 6.45) is 3.01. The molecule has 1 saturated heterocycles. The first kappa shape index (κ1) is 17.1. The van der Waals surface area contributed by atoms with Gasteiger partial charge in [-0.1, -0.05) is 13.8 Å². The van der Waals surface area contributed by atoms with Gasteiger partial charge in [-0.2, -0.15) is 0 Å². The van der Waals surface area contributed by atoms with E-state index in [4.69, 9.17) is 0 Å². The summed E-state index contributed by atoms with van der Waals surface area (Å²) in [6, 6.07) is 0.365. The van der Waals surface area contributed by atoms with Gasteiger partial charge in [0.1, 0.15) is 0 Å². The van der Waals surface area contributed by atoms with Gasteiger partial charge in [-0.15, -0.1) is 11.8 Å². The third-order valence-corrected chi connectivity index (χ3v) is 4.92. The van der Waals surface area contributed by atoms with Crippen LogP contribution in [-0.4, -0.2) is 59.8 Å². The maximum absolute atomic E-state index is 12.0. The van der Waals surface area contributed by atoms with E-state index >= 15 is 0 Å². The fourth-order valence-corrected chi connectivity index (χ4v) is 3.04. The Balaban J connectivity index is 1.52. The molecular weight excluding hydrogens is 302 g/mol. The van der Waals surface area contributed by atoms with Crippen molar-refractivity contribution in [2.24, 2.45) is 5.41 Å². The summed E-state index contributed by atoms with van der Waals surface area (Å²) in [6.45, 7) is 5.70. The van der Waals surface area contributed by atoms with Gasteiger partial charge >= 0.3 is 0 Å². The third kappa shape index (κ3) is 5.19. The molecule has 0 bridgehead atoms. The Labute approximate surface area is 135 Å². The van der Waals surface area contributed by atoms with Gasteiger partial charge in [-0.25, -0.2) is 0 Å². The molecule has 7 heteroatoms. The third-order valence-electron chi connectivity index (χ3n) is 3.99. The molecule has 124 valence electrons. The number of carbonyl (C=O) groups excluding carboxylic acids is 3. The van der Waals surface area contributed by atoms with Crippen LogP contribution in [0.15, 0.2) is 0 Å². The van der Waals surface area contributed by atoms with Crippen LogP contribution >= 0.6 is 11.8 Å². The van der Waals surface area contributed by atoms with Crippen LogP contribution in [0, 0.1) is 5.41 Å². The molecule has 2 aliphatic rings. The molecule has 2 rings (SSSR count). The molecule has 3 amide bonds. The van der Waals surface area contributed by atoms with Crippen LogP contribution in [0.2, 0.25) is 0 Å². The standard InChI is InChI=1S/C15H25N3O3S/c1-15(2)5-7-18(14(15)21)8-6-16-12(19)9-22-10-13(20)17-11-3-4-11/h11H,3-10H2,1-2H3,(H,16,19)(H,17,20). The van der Waals surface area contributed by atoms with Crippen molar-refractivity contribution in [3.8, 4) is 0 Å². The molecule has 2 N–H and O–H groups in total. The molecular formula is C15H25N3O3S. The fourth-order valence-electron chi connectivity index (χ4n) is 2.38. The first-order chi connectivity index (χ1) is 10.4. The second-order valence-corrected chi connectivity index (χ2v) is 7.60. The quantitative estimate of drug-likeness (QED) is 0.675. The van der Waals surface area contributed by atoms with E-state index in [0.717, 1.165) is 25.8 Å². The molecule has 0 atom stereocenters. The van der Waals surface area contributed by atoms with E-state index in [1.165, 1.54) is 11.8 Å². The Kier molecular flexibility index (Phi) is 5.72. The smallest absolute Gasteiger partial charge is 0.230 e. The zero-order valence-electron chi connectivity index (χ0n) is 13.3. The molecule has 0 aromatic carbocycles. The molecule has 6 nitrogen and oxygen atoms in total. The lowest BCUT2D eigenvalue weighted by Gasteiger charge is -2.19. The lowest BCUT2D eigenvalue weighted by molar-refractivity contribution is -0.134. The second kappa shape index (κ2) is 7.35. The molecule has 1 aliphatic carbocycles. The largest absolute Gasteiger partial charge is 0.354 e. The average molecular weight is 327 g/mol. The fraction of sp³-hybridized carbons (Fsp3) is 0.800. The van der Waals surface area contributed by atoms with Crippen molar-refractivity contribution in [1.29, 1.82) is 0 Å². The monoisotopic (exact) mass is 327 g/mol. The van der Waals surface area contributed by atoms with Gasteiger partial charge in [-0.05, 0) is 19.3 Å². The SMILES string of the molecule is CC1(C)CCN(CCNC(=O)CSCC(=O)NC2CC2)C1=O. The van der Waals surface area contributed by atoms with Gasteiger partial charge in [-0.3, -0.25) is 14.4 Å². The Bertz CT molecular complexity index is 449. The van der Waals surface area contributed by atoms with Crippen molar-refractivity contribution in [1.82, 2.24) is 15.5 Å². The lowest BCUT2D eigenvalue weighted by atomic mass is 9.92. The van der Waals surface area contributed by atoms with Crippen LogP contribution < -0.4 is 10.6 Å². The maximum atomic E-state index is 12.0. The molecule has 1 aliphatic heterocycles. The van der Waals surface area contributed by atoms with Gasteiger partial charge in [0.25, 0.3) is 0 Å². The molecule has 0 aromatic heterocycles. The number of carbonyl (C=O) groups is 3. The first-order valence-electron chi connectivity index (χ1n) is 7.82. The van der Waals surface area contributed by atoms with Crippen molar-refractivity contribution in [3.05, 3.63) is 0 Å². The van der Waals surface area contributed by atoms with Crippen LogP contribution in [0.4, 0.5) is 0 Å². The summed E-state index contributed by atoms with van der Waals surface area (Å²) < 4.78 is 0. The molecule has 22 heavy (non-hydrogen) atoms. The minimum absolute atomic E-state index is 0.00481. The van der Waals surface area contributed by atoms with Crippen molar-refractivity contribution in [2.45, 2.75) is 39.2 Å². The minimum atomic E-state index is -0.269. The molecule has 1 saturated carbocycles. The molecule has 0 unspecified atom stereocenters. The van der Waals surface area contributed by atoms with Crippen molar-refractivity contribution in [3.63, 3.8) is 0 Å². The van der Waals surface area contributed by atoms with E-state index in [-0.39, 0.29) is 28.9 Å². The number of hydrogen-bond donors (Lipinski definition) is 2.